The minimum absolute atomic E-state index is 0.0516. The first-order valence-electron chi connectivity index (χ1n) is 12.3. The summed E-state index contributed by atoms with van der Waals surface area (Å²) in [5, 5.41) is 13.7. The molecule has 0 spiro atoms. The molecule has 0 saturated carbocycles. The molecule has 0 bridgehead atoms. The van der Waals surface area contributed by atoms with Gasteiger partial charge in [0, 0.05) is 5.56 Å². The van der Waals surface area contributed by atoms with Crippen molar-refractivity contribution in [2.45, 2.75) is 17.9 Å². The number of carbonyl (C=O) groups is 2. The number of amides is 2. The Hall–Kier alpha value is -4.72. The van der Waals surface area contributed by atoms with Crippen molar-refractivity contribution in [3.05, 3.63) is 83.7 Å². The van der Waals surface area contributed by atoms with Gasteiger partial charge in [-0.3, -0.25) is 14.2 Å². The quantitative estimate of drug-likeness (QED) is 0.232. The van der Waals surface area contributed by atoms with Crippen LogP contribution in [0.1, 0.15) is 21.7 Å². The molecule has 220 valence electrons. The Balaban J connectivity index is 1.55. The van der Waals surface area contributed by atoms with Crippen molar-refractivity contribution in [1.82, 2.24) is 20.1 Å². The van der Waals surface area contributed by atoms with Crippen LogP contribution in [-0.2, 0) is 17.5 Å². The number of carbonyl (C=O) groups excluding carboxylic acids is 2. The Bertz CT molecular complexity index is 1580. The van der Waals surface area contributed by atoms with Crippen LogP contribution < -0.4 is 24.8 Å². The van der Waals surface area contributed by atoms with E-state index < -0.39 is 23.6 Å². The molecule has 1 aromatic heterocycles. The zero-order valence-electron chi connectivity index (χ0n) is 22.7. The van der Waals surface area contributed by atoms with Gasteiger partial charge in [-0.1, -0.05) is 36.0 Å². The lowest BCUT2D eigenvalue weighted by Gasteiger charge is -2.15. The first-order chi connectivity index (χ1) is 20.2. The summed E-state index contributed by atoms with van der Waals surface area (Å²) >= 11 is 0.960. The molecule has 10 nitrogen and oxygen atoms in total. The number of ether oxygens (including phenoxy) is 3. The van der Waals surface area contributed by atoms with Gasteiger partial charge in [0.2, 0.25) is 5.91 Å². The summed E-state index contributed by atoms with van der Waals surface area (Å²) in [6.45, 7) is -0.0516. The van der Waals surface area contributed by atoms with Crippen LogP contribution in [0.4, 0.5) is 18.9 Å². The molecule has 0 fully saturated rings. The van der Waals surface area contributed by atoms with Crippen LogP contribution in [0.25, 0.3) is 5.69 Å². The van der Waals surface area contributed by atoms with Crippen molar-refractivity contribution in [3.63, 3.8) is 0 Å². The van der Waals surface area contributed by atoms with Gasteiger partial charge >= 0.3 is 6.18 Å². The number of thioether (sulfide) groups is 1. The van der Waals surface area contributed by atoms with E-state index in [2.05, 4.69) is 20.8 Å². The Morgan fingerprint density at radius 3 is 2.29 bits per heavy atom. The molecular formula is C28H26F3N5O5S. The Labute approximate surface area is 243 Å². The molecule has 2 N–H and O–H groups in total. The van der Waals surface area contributed by atoms with Crippen molar-refractivity contribution < 1.29 is 37.0 Å². The predicted molar refractivity (Wildman–Crippen MR) is 149 cm³/mol. The third kappa shape index (κ3) is 6.94. The van der Waals surface area contributed by atoms with Crippen molar-refractivity contribution in [3.8, 4) is 22.9 Å². The van der Waals surface area contributed by atoms with Gasteiger partial charge in [0.25, 0.3) is 5.91 Å². The van der Waals surface area contributed by atoms with E-state index in [1.165, 1.54) is 45.6 Å². The zero-order chi connectivity index (χ0) is 30.3. The monoisotopic (exact) mass is 601 g/mol. The summed E-state index contributed by atoms with van der Waals surface area (Å²) in [5.74, 6) is 0.290. The molecule has 0 saturated heterocycles. The summed E-state index contributed by atoms with van der Waals surface area (Å²) in [7, 11) is 4.44. The maximum Gasteiger partial charge on any atom is 0.418 e. The van der Waals surface area contributed by atoms with E-state index in [-0.39, 0.29) is 23.1 Å². The number of aromatic nitrogens is 3. The van der Waals surface area contributed by atoms with Gasteiger partial charge in [-0.2, -0.15) is 13.2 Å². The molecule has 42 heavy (non-hydrogen) atoms. The number of alkyl halides is 3. The predicted octanol–water partition coefficient (Wildman–Crippen LogP) is 4.97. The molecule has 0 atom stereocenters. The number of rotatable bonds is 11. The minimum Gasteiger partial charge on any atom is -0.495 e. The van der Waals surface area contributed by atoms with E-state index in [0.29, 0.717) is 34.3 Å². The van der Waals surface area contributed by atoms with Gasteiger partial charge in [-0.05, 0) is 42.5 Å². The zero-order valence-corrected chi connectivity index (χ0v) is 23.5. The smallest absolute Gasteiger partial charge is 0.418 e. The van der Waals surface area contributed by atoms with Crippen LogP contribution in [0, 0.1) is 0 Å². The fourth-order valence-electron chi connectivity index (χ4n) is 3.96. The van der Waals surface area contributed by atoms with E-state index in [9.17, 15) is 22.8 Å². The van der Waals surface area contributed by atoms with Crippen LogP contribution in [0.15, 0.2) is 71.9 Å². The molecule has 0 aliphatic rings. The van der Waals surface area contributed by atoms with Crippen molar-refractivity contribution in [1.29, 1.82) is 0 Å². The lowest BCUT2D eigenvalue weighted by molar-refractivity contribution is -0.137. The molecule has 0 radical (unpaired) electrons. The highest BCUT2D eigenvalue weighted by Crippen LogP contribution is 2.35. The lowest BCUT2D eigenvalue weighted by Crippen LogP contribution is -2.25. The van der Waals surface area contributed by atoms with Crippen LogP contribution in [0.3, 0.4) is 0 Å². The molecular weight excluding hydrogens is 575 g/mol. The molecule has 0 aliphatic heterocycles. The van der Waals surface area contributed by atoms with Crippen molar-refractivity contribution in [2.75, 3.05) is 32.4 Å². The van der Waals surface area contributed by atoms with E-state index in [4.69, 9.17) is 14.2 Å². The third-order valence-corrected chi connectivity index (χ3v) is 6.85. The highest BCUT2D eigenvalue weighted by Gasteiger charge is 2.33. The molecule has 4 rings (SSSR count). The Kier molecular flexibility index (Phi) is 9.57. The van der Waals surface area contributed by atoms with Gasteiger partial charge in [-0.25, -0.2) is 0 Å². The van der Waals surface area contributed by atoms with E-state index >= 15 is 0 Å². The van der Waals surface area contributed by atoms with Gasteiger partial charge in [0.1, 0.15) is 5.75 Å². The number of nitrogens with one attached hydrogen (secondary N) is 2. The van der Waals surface area contributed by atoms with Crippen LogP contribution >= 0.6 is 11.8 Å². The largest absolute Gasteiger partial charge is 0.495 e. The van der Waals surface area contributed by atoms with Gasteiger partial charge < -0.3 is 24.8 Å². The summed E-state index contributed by atoms with van der Waals surface area (Å²) < 4.78 is 57.6. The number of benzene rings is 3. The number of halogens is 3. The topological polar surface area (TPSA) is 117 Å². The number of methoxy groups -OCH3 is 3. The van der Waals surface area contributed by atoms with E-state index in [1.807, 2.05) is 0 Å². The second-order valence-electron chi connectivity index (χ2n) is 8.54. The SMILES string of the molecule is COc1ccc(C(=O)NCc2nnc(SCC(=O)Nc3ccccc3C(F)(F)F)n2-c2ccccc2OC)cc1OC. The number of anilines is 1. The first kappa shape index (κ1) is 30.2. The summed E-state index contributed by atoms with van der Waals surface area (Å²) in [6.07, 6.45) is -4.63. The standard InChI is InChI=1S/C28H26F3N5O5S/c1-39-21-11-7-6-10-20(21)36-24(15-32-26(38)17-12-13-22(40-2)23(14-17)41-3)34-35-27(36)42-16-25(37)33-19-9-5-4-8-18(19)28(29,30)31/h4-14H,15-16H2,1-3H3,(H,32,38)(H,33,37). The average molecular weight is 602 g/mol. The van der Waals surface area contributed by atoms with Crippen LogP contribution in [0.2, 0.25) is 0 Å². The maximum absolute atomic E-state index is 13.3. The summed E-state index contributed by atoms with van der Waals surface area (Å²) in [6, 6.07) is 16.4. The van der Waals surface area contributed by atoms with Gasteiger partial charge in [0.15, 0.2) is 22.5 Å². The molecule has 2 amide bonds. The number of para-hydroxylation sites is 3. The average Bonchev–Trinajstić information content (AvgIpc) is 3.40. The van der Waals surface area contributed by atoms with Gasteiger partial charge in [-0.15, -0.1) is 10.2 Å². The normalized spacial score (nSPS) is 11.1. The van der Waals surface area contributed by atoms with E-state index in [0.717, 1.165) is 17.8 Å². The molecule has 4 aromatic rings. The van der Waals surface area contributed by atoms with Gasteiger partial charge in [0.05, 0.1) is 50.6 Å². The van der Waals surface area contributed by atoms with E-state index in [1.54, 1.807) is 41.0 Å². The second kappa shape index (κ2) is 13.3. The minimum atomic E-state index is -4.63. The number of hydrogen-bond acceptors (Lipinski definition) is 8. The molecule has 1 heterocycles. The summed E-state index contributed by atoms with van der Waals surface area (Å²) in [5.41, 5.74) is -0.444. The fraction of sp³-hybridized carbons (Fsp3) is 0.214. The third-order valence-electron chi connectivity index (χ3n) is 5.92. The Morgan fingerprint density at radius 2 is 1.57 bits per heavy atom. The maximum atomic E-state index is 13.3. The highest BCUT2D eigenvalue weighted by molar-refractivity contribution is 7.99. The van der Waals surface area contributed by atoms with Crippen LogP contribution in [0.5, 0.6) is 17.2 Å². The highest BCUT2D eigenvalue weighted by atomic mass is 32.2. The number of nitrogens with zero attached hydrogens (tertiary/aromatic N) is 3. The van der Waals surface area contributed by atoms with Crippen molar-refractivity contribution >= 4 is 29.3 Å². The van der Waals surface area contributed by atoms with Crippen LogP contribution in [-0.4, -0.2) is 53.7 Å². The Morgan fingerprint density at radius 1 is 0.881 bits per heavy atom. The molecule has 0 unspecified atom stereocenters. The summed E-state index contributed by atoms with van der Waals surface area (Å²) in [4.78, 5) is 25.6. The second-order valence-corrected chi connectivity index (χ2v) is 9.48. The lowest BCUT2D eigenvalue weighted by atomic mass is 10.1. The fourth-order valence-corrected chi connectivity index (χ4v) is 4.72. The van der Waals surface area contributed by atoms with Crippen molar-refractivity contribution in [2.24, 2.45) is 0 Å². The molecule has 3 aromatic carbocycles. The first-order valence-corrected chi connectivity index (χ1v) is 13.3. The molecule has 0 aliphatic carbocycles. The molecule has 14 heteroatoms. The number of hydrogen-bond donors (Lipinski definition) is 2.